The number of carboxylic acids is 1. The van der Waals surface area contributed by atoms with E-state index in [0.29, 0.717) is 0 Å². The van der Waals surface area contributed by atoms with Gasteiger partial charge in [0.2, 0.25) is 0 Å². The van der Waals surface area contributed by atoms with Crippen molar-refractivity contribution >= 4 is 23.7 Å². The molecule has 1 aliphatic rings. The summed E-state index contributed by atoms with van der Waals surface area (Å²) >= 11 is 0. The van der Waals surface area contributed by atoms with Gasteiger partial charge in [-0.05, 0) is 6.92 Å². The molecule has 0 saturated carbocycles. The van der Waals surface area contributed by atoms with Crippen molar-refractivity contribution in [3.05, 3.63) is 0 Å². The number of rotatable bonds is 7. The lowest BCUT2D eigenvalue weighted by atomic mass is 9.78. The molecular formula is C15H23NO11. The number of aliphatic carboxylic acids is 1. The summed E-state index contributed by atoms with van der Waals surface area (Å²) in [7, 11) is 0. The zero-order valence-electron chi connectivity index (χ0n) is 14.9. The Morgan fingerprint density at radius 1 is 1.15 bits per heavy atom. The summed E-state index contributed by atoms with van der Waals surface area (Å²) in [6.45, 7) is 2.29. The average Bonchev–Trinajstić information content (AvgIpc) is 2.53. The van der Waals surface area contributed by atoms with Crippen LogP contribution in [0.15, 0.2) is 0 Å². The van der Waals surface area contributed by atoms with E-state index in [1.54, 1.807) is 0 Å². The Balaban J connectivity index is 3.27. The van der Waals surface area contributed by atoms with E-state index in [1.165, 1.54) is 0 Å². The zero-order chi connectivity index (χ0) is 21.1. The lowest BCUT2D eigenvalue weighted by Crippen LogP contribution is -2.72. The van der Waals surface area contributed by atoms with Crippen molar-refractivity contribution in [3.63, 3.8) is 0 Å². The van der Waals surface area contributed by atoms with E-state index in [4.69, 9.17) is 15.2 Å². The average molecular weight is 393 g/mol. The second kappa shape index (κ2) is 8.71. The smallest absolute Gasteiger partial charge is 0.365 e. The molecule has 12 heteroatoms. The van der Waals surface area contributed by atoms with Crippen molar-refractivity contribution in [2.45, 2.75) is 57.0 Å². The number of nitrogens with two attached hydrogens (primary N) is 1. The van der Waals surface area contributed by atoms with E-state index in [-0.39, 0.29) is 0 Å². The van der Waals surface area contributed by atoms with Crippen LogP contribution in [0.25, 0.3) is 0 Å². The fourth-order valence-corrected chi connectivity index (χ4v) is 2.84. The molecule has 1 rings (SSSR count). The highest BCUT2D eigenvalue weighted by Crippen LogP contribution is 2.37. The number of carbonyl (C=O) groups is 4. The summed E-state index contributed by atoms with van der Waals surface area (Å²) in [4.78, 5) is 45.7. The minimum atomic E-state index is -3.19. The first-order chi connectivity index (χ1) is 12.3. The number of Topliss-reactive ketones (excluding diaryl/α,β-unsaturated/α-hetero) is 1. The normalized spacial score (nSPS) is 32.9. The van der Waals surface area contributed by atoms with Crippen LogP contribution in [0, 0.1) is 5.92 Å². The molecule has 0 bridgehead atoms. The Morgan fingerprint density at radius 3 is 2.11 bits per heavy atom. The molecule has 0 radical (unpaired) electrons. The largest absolute Gasteiger partial charge is 0.477 e. The Morgan fingerprint density at radius 2 is 1.70 bits per heavy atom. The molecule has 1 heterocycles. The van der Waals surface area contributed by atoms with Gasteiger partial charge < -0.3 is 40.4 Å². The number of esters is 2. The molecule has 0 aromatic carbocycles. The molecule has 0 aromatic heterocycles. The van der Waals surface area contributed by atoms with Crippen molar-refractivity contribution in [1.82, 2.24) is 0 Å². The summed E-state index contributed by atoms with van der Waals surface area (Å²) < 4.78 is 14.4. The lowest BCUT2D eigenvalue weighted by molar-refractivity contribution is -0.312. The summed E-state index contributed by atoms with van der Waals surface area (Å²) in [5, 5.41) is 39.9. The van der Waals surface area contributed by atoms with Crippen LogP contribution in [-0.4, -0.2) is 87.0 Å². The van der Waals surface area contributed by atoms with Crippen molar-refractivity contribution in [2.75, 3.05) is 6.61 Å². The van der Waals surface area contributed by atoms with Gasteiger partial charge in [-0.3, -0.25) is 14.4 Å². The number of hydrogen-bond donors (Lipinski definition) is 5. The number of aliphatic hydroxyl groups is 3. The number of ether oxygens (including phenoxy) is 3. The van der Waals surface area contributed by atoms with Crippen LogP contribution >= 0.6 is 0 Å². The molecule has 7 atom stereocenters. The standard InChI is InChI=1S/C15H23NO11/c1-5(17)9-12(26-7(3)19)10(16)13(27-15(9,24)14(22)23)11(21)8(20)4-25-6(2)18/h8-13,20-21,24H,4,16H2,1-3H3,(H,22,23)/t8-,9?,10-,11-,12+,13-,15?/m1/s1. The third-order valence-electron chi connectivity index (χ3n) is 4.06. The van der Waals surface area contributed by atoms with Crippen LogP contribution in [-0.2, 0) is 33.4 Å². The number of carboxylic acid groups (broad SMARTS) is 1. The Labute approximate surface area is 153 Å². The van der Waals surface area contributed by atoms with Gasteiger partial charge in [0, 0.05) is 13.8 Å². The molecule has 0 spiro atoms. The second-order valence-corrected chi connectivity index (χ2v) is 6.18. The Bertz CT molecular complexity index is 609. The summed E-state index contributed by atoms with van der Waals surface area (Å²) in [5.41, 5.74) is 5.88. The molecule has 2 unspecified atom stereocenters. The number of hydrogen-bond acceptors (Lipinski definition) is 11. The molecule has 1 aliphatic heterocycles. The van der Waals surface area contributed by atoms with Crippen LogP contribution in [0.5, 0.6) is 0 Å². The fourth-order valence-electron chi connectivity index (χ4n) is 2.84. The first kappa shape index (κ1) is 22.9. The Kier molecular flexibility index (Phi) is 7.40. The molecule has 1 saturated heterocycles. The van der Waals surface area contributed by atoms with Gasteiger partial charge in [-0.25, -0.2) is 4.79 Å². The fraction of sp³-hybridized carbons (Fsp3) is 0.733. The maximum atomic E-state index is 11.9. The minimum Gasteiger partial charge on any atom is -0.477 e. The van der Waals surface area contributed by atoms with Gasteiger partial charge in [-0.2, -0.15) is 0 Å². The summed E-state index contributed by atoms with van der Waals surface area (Å²) in [5.74, 6) is -9.64. The zero-order valence-corrected chi connectivity index (χ0v) is 14.9. The van der Waals surface area contributed by atoms with E-state index in [0.717, 1.165) is 20.8 Å². The van der Waals surface area contributed by atoms with E-state index in [2.05, 4.69) is 4.74 Å². The van der Waals surface area contributed by atoms with Gasteiger partial charge in [0.25, 0.3) is 5.79 Å². The molecular weight excluding hydrogens is 370 g/mol. The molecule has 0 aromatic rings. The SMILES string of the molecule is CC(=O)OC[C@@H](O)[C@@H](O)[C@@H]1OC(O)(C(=O)O)C(C(C)=O)[C@H](OC(C)=O)[C@H]1N. The van der Waals surface area contributed by atoms with E-state index in [9.17, 15) is 39.6 Å². The van der Waals surface area contributed by atoms with E-state index >= 15 is 0 Å². The minimum absolute atomic E-state index is 0.678. The number of carbonyl (C=O) groups excluding carboxylic acids is 3. The second-order valence-electron chi connectivity index (χ2n) is 6.18. The molecule has 0 amide bonds. The van der Waals surface area contributed by atoms with Crippen molar-refractivity contribution in [3.8, 4) is 0 Å². The highest BCUT2D eigenvalue weighted by Gasteiger charge is 2.62. The maximum absolute atomic E-state index is 11.9. The van der Waals surface area contributed by atoms with Crippen LogP contribution in [0.1, 0.15) is 20.8 Å². The third kappa shape index (κ3) is 4.99. The lowest BCUT2D eigenvalue weighted by Gasteiger charge is -2.48. The first-order valence-electron chi connectivity index (χ1n) is 7.89. The third-order valence-corrected chi connectivity index (χ3v) is 4.06. The highest BCUT2D eigenvalue weighted by molar-refractivity contribution is 5.89. The monoisotopic (exact) mass is 393 g/mol. The number of ketones is 1. The number of aliphatic hydroxyl groups excluding tert-OH is 2. The highest BCUT2D eigenvalue weighted by atomic mass is 16.7. The van der Waals surface area contributed by atoms with Gasteiger partial charge in [0.05, 0.1) is 6.04 Å². The molecule has 1 fully saturated rings. The molecule has 6 N–H and O–H groups in total. The van der Waals surface area contributed by atoms with Crippen molar-refractivity contribution < 1.29 is 53.8 Å². The predicted octanol–water partition coefficient (Wildman–Crippen LogP) is -3.09. The van der Waals surface area contributed by atoms with E-state index < -0.39 is 72.5 Å². The quantitative estimate of drug-likeness (QED) is 0.273. The van der Waals surface area contributed by atoms with E-state index in [1.807, 2.05) is 0 Å². The molecule has 154 valence electrons. The van der Waals surface area contributed by atoms with Crippen LogP contribution in [0.4, 0.5) is 0 Å². The predicted molar refractivity (Wildman–Crippen MR) is 83.8 cm³/mol. The van der Waals surface area contributed by atoms with Gasteiger partial charge in [0.1, 0.15) is 42.7 Å². The van der Waals surface area contributed by atoms with Crippen LogP contribution in [0.2, 0.25) is 0 Å². The van der Waals surface area contributed by atoms with Gasteiger partial charge >= 0.3 is 17.9 Å². The van der Waals surface area contributed by atoms with Crippen molar-refractivity contribution in [1.29, 1.82) is 0 Å². The van der Waals surface area contributed by atoms with Crippen molar-refractivity contribution in [2.24, 2.45) is 11.7 Å². The molecule has 12 nitrogen and oxygen atoms in total. The van der Waals surface area contributed by atoms with Gasteiger partial charge in [-0.15, -0.1) is 0 Å². The molecule has 27 heavy (non-hydrogen) atoms. The maximum Gasteiger partial charge on any atom is 0.365 e. The van der Waals surface area contributed by atoms with Crippen LogP contribution < -0.4 is 5.73 Å². The van der Waals surface area contributed by atoms with Gasteiger partial charge in [0.15, 0.2) is 0 Å². The first-order valence-corrected chi connectivity index (χ1v) is 7.89. The van der Waals surface area contributed by atoms with Crippen LogP contribution in [0.3, 0.4) is 0 Å². The summed E-state index contributed by atoms with van der Waals surface area (Å²) in [6.07, 6.45) is -7.17. The Hall–Kier alpha value is -2.12. The topological polar surface area (TPSA) is 203 Å². The summed E-state index contributed by atoms with van der Waals surface area (Å²) in [6, 6.07) is -1.50. The molecule has 0 aliphatic carbocycles. The van der Waals surface area contributed by atoms with Gasteiger partial charge in [-0.1, -0.05) is 0 Å².